The zero-order valence-corrected chi connectivity index (χ0v) is 19.7. The van der Waals surface area contributed by atoms with Gasteiger partial charge in [0.15, 0.2) is 24.8 Å². The van der Waals surface area contributed by atoms with Crippen LogP contribution in [0.1, 0.15) is 27.7 Å². The molecule has 1 N–H and O–H groups in total. The van der Waals surface area contributed by atoms with Gasteiger partial charge in [0.25, 0.3) is 0 Å². The summed E-state index contributed by atoms with van der Waals surface area (Å²) in [6, 6.07) is 0.823. The summed E-state index contributed by atoms with van der Waals surface area (Å²) in [4.78, 5) is 34.7. The Hall–Kier alpha value is -1.53. The van der Waals surface area contributed by atoms with Crippen molar-refractivity contribution in [3.63, 3.8) is 0 Å². The molecule has 0 spiro atoms. The summed E-state index contributed by atoms with van der Waals surface area (Å²) in [7, 11) is -1.42. The van der Waals surface area contributed by atoms with Crippen LogP contribution in [0.15, 0.2) is 0 Å². The monoisotopic (exact) mass is 450 g/mol. The second kappa shape index (κ2) is 11.7. The molecule has 0 saturated carbocycles. The number of rotatable bonds is 10. The Morgan fingerprint density at radius 2 is 1.53 bits per heavy atom. The van der Waals surface area contributed by atoms with Crippen LogP contribution in [-0.2, 0) is 42.8 Å². The summed E-state index contributed by atoms with van der Waals surface area (Å²) >= 11 is 0. The predicted octanol–water partition coefficient (Wildman–Crippen LogP) is 1.22. The van der Waals surface area contributed by atoms with Crippen molar-refractivity contribution < 1.29 is 47.9 Å². The van der Waals surface area contributed by atoms with Crippen molar-refractivity contribution in [3.8, 4) is 0 Å². The third kappa shape index (κ3) is 9.52. The zero-order chi connectivity index (χ0) is 23.1. The number of hydrogen-bond acceptors (Lipinski definition) is 10. The molecule has 174 valence electrons. The van der Waals surface area contributed by atoms with E-state index in [1.807, 2.05) is 0 Å². The maximum atomic E-state index is 11.7. The van der Waals surface area contributed by atoms with Crippen LogP contribution >= 0.6 is 0 Å². The molecular weight excluding hydrogens is 416 g/mol. The topological polar surface area (TPSA) is 127 Å². The molecule has 0 bridgehead atoms. The van der Waals surface area contributed by atoms with E-state index in [-0.39, 0.29) is 6.61 Å². The molecule has 1 aliphatic rings. The number of carbonyl (C=O) groups is 3. The molecule has 1 rings (SSSR count). The van der Waals surface area contributed by atoms with E-state index in [4.69, 9.17) is 28.4 Å². The largest absolute Gasteiger partial charge is 0.463 e. The molecule has 4 unspecified atom stereocenters. The SMILES string of the molecule is CC(=O)OCC1O[C@@H](OCC[Si](C)(C)C)C(OC(C)=O)C(OC(C)O)[C@H]1OC(C)=O. The molecule has 1 saturated heterocycles. The second-order valence-electron chi connectivity index (χ2n) is 8.38. The molecule has 10 nitrogen and oxygen atoms in total. The van der Waals surface area contributed by atoms with Crippen LogP contribution in [-0.4, -0.2) is 81.3 Å². The quantitative estimate of drug-likeness (QED) is 0.225. The van der Waals surface area contributed by atoms with Gasteiger partial charge < -0.3 is 33.5 Å². The second-order valence-corrected chi connectivity index (χ2v) is 14.0. The lowest BCUT2D eigenvalue weighted by atomic mass is 9.98. The van der Waals surface area contributed by atoms with E-state index in [2.05, 4.69) is 19.6 Å². The number of hydrogen-bond donors (Lipinski definition) is 1. The van der Waals surface area contributed by atoms with E-state index in [1.54, 1.807) is 0 Å². The van der Waals surface area contributed by atoms with Crippen LogP contribution in [0.4, 0.5) is 0 Å². The van der Waals surface area contributed by atoms with Crippen molar-refractivity contribution in [1.82, 2.24) is 0 Å². The van der Waals surface area contributed by atoms with E-state index in [0.29, 0.717) is 6.61 Å². The predicted molar refractivity (Wildman–Crippen MR) is 107 cm³/mol. The van der Waals surface area contributed by atoms with Crippen molar-refractivity contribution in [2.45, 2.75) is 90.4 Å². The minimum atomic E-state index is -1.42. The standard InChI is InChI=1S/C19H34O10Si/c1-11(20)25-10-15-16(26-12(2)21)17(27-13(3)22)18(28-14(4)23)19(29-15)24-8-9-30(5,6)7/h13,15-19,22H,8-10H2,1-7H3/t13?,15?,16-,17?,18?,19+/m0/s1. The zero-order valence-electron chi connectivity index (χ0n) is 18.7. The van der Waals surface area contributed by atoms with E-state index >= 15 is 0 Å². The summed E-state index contributed by atoms with van der Waals surface area (Å²) in [5.74, 6) is -1.82. The first-order valence-electron chi connectivity index (χ1n) is 9.88. The summed E-state index contributed by atoms with van der Waals surface area (Å²) in [6.07, 6.45) is -6.62. The summed E-state index contributed by atoms with van der Waals surface area (Å²) < 4.78 is 33.0. The third-order valence-electron chi connectivity index (χ3n) is 4.13. The number of ether oxygens (including phenoxy) is 6. The maximum Gasteiger partial charge on any atom is 0.303 e. The maximum absolute atomic E-state index is 11.7. The van der Waals surface area contributed by atoms with Crippen LogP contribution in [0.2, 0.25) is 25.7 Å². The van der Waals surface area contributed by atoms with Gasteiger partial charge in [-0.1, -0.05) is 19.6 Å². The Kier molecular flexibility index (Phi) is 10.4. The molecule has 0 amide bonds. The van der Waals surface area contributed by atoms with Crippen LogP contribution < -0.4 is 0 Å². The Labute approximate surface area is 178 Å². The van der Waals surface area contributed by atoms with E-state index in [0.717, 1.165) is 6.04 Å². The highest BCUT2D eigenvalue weighted by Crippen LogP contribution is 2.30. The minimum absolute atomic E-state index is 0.242. The first-order chi connectivity index (χ1) is 13.8. The van der Waals surface area contributed by atoms with E-state index in [9.17, 15) is 19.5 Å². The average Bonchev–Trinajstić information content (AvgIpc) is 2.55. The van der Waals surface area contributed by atoms with Crippen molar-refractivity contribution in [3.05, 3.63) is 0 Å². The van der Waals surface area contributed by atoms with Crippen molar-refractivity contribution in [2.24, 2.45) is 0 Å². The molecule has 1 aliphatic heterocycles. The molecule has 6 atom stereocenters. The van der Waals surface area contributed by atoms with Crippen LogP contribution in [0.25, 0.3) is 0 Å². The fraction of sp³-hybridized carbons (Fsp3) is 0.842. The molecule has 0 aliphatic carbocycles. The Bertz CT molecular complexity index is 588. The van der Waals surface area contributed by atoms with Gasteiger partial charge in [0.2, 0.25) is 0 Å². The molecule has 1 heterocycles. The number of aliphatic hydroxyl groups excluding tert-OH is 1. The van der Waals surface area contributed by atoms with Gasteiger partial charge in [-0.15, -0.1) is 0 Å². The first kappa shape index (κ1) is 26.5. The van der Waals surface area contributed by atoms with Crippen molar-refractivity contribution in [2.75, 3.05) is 13.2 Å². The highest BCUT2D eigenvalue weighted by Gasteiger charge is 2.52. The van der Waals surface area contributed by atoms with Gasteiger partial charge in [0, 0.05) is 35.5 Å². The molecule has 1 fully saturated rings. The van der Waals surface area contributed by atoms with Crippen LogP contribution in [0.3, 0.4) is 0 Å². The Morgan fingerprint density at radius 3 is 2.00 bits per heavy atom. The average molecular weight is 451 g/mol. The van der Waals surface area contributed by atoms with Gasteiger partial charge in [-0.3, -0.25) is 14.4 Å². The van der Waals surface area contributed by atoms with Crippen molar-refractivity contribution >= 4 is 26.0 Å². The molecule has 30 heavy (non-hydrogen) atoms. The molecule has 0 aromatic carbocycles. The summed E-state index contributed by atoms with van der Waals surface area (Å²) in [6.45, 7) is 11.7. The fourth-order valence-corrected chi connectivity index (χ4v) is 3.59. The van der Waals surface area contributed by atoms with E-state index in [1.165, 1.54) is 27.7 Å². The van der Waals surface area contributed by atoms with Gasteiger partial charge in [-0.25, -0.2) is 0 Å². The lowest BCUT2D eigenvalue weighted by Gasteiger charge is -2.45. The molecule has 11 heteroatoms. The number of carbonyl (C=O) groups excluding carboxylic acids is 3. The smallest absolute Gasteiger partial charge is 0.303 e. The summed E-state index contributed by atoms with van der Waals surface area (Å²) in [5.41, 5.74) is 0. The van der Waals surface area contributed by atoms with Gasteiger partial charge in [-0.05, 0) is 13.0 Å². The van der Waals surface area contributed by atoms with Crippen molar-refractivity contribution in [1.29, 1.82) is 0 Å². The third-order valence-corrected chi connectivity index (χ3v) is 5.84. The van der Waals surface area contributed by atoms with Gasteiger partial charge in [-0.2, -0.15) is 0 Å². The Balaban J connectivity index is 3.20. The van der Waals surface area contributed by atoms with Gasteiger partial charge in [0.05, 0.1) is 0 Å². The minimum Gasteiger partial charge on any atom is -0.463 e. The normalized spacial score (nSPS) is 27.8. The number of esters is 3. The van der Waals surface area contributed by atoms with Crippen LogP contribution in [0, 0.1) is 0 Å². The van der Waals surface area contributed by atoms with Crippen LogP contribution in [0.5, 0.6) is 0 Å². The molecule has 0 aromatic heterocycles. The molecule has 0 radical (unpaired) electrons. The lowest BCUT2D eigenvalue weighted by molar-refractivity contribution is -0.325. The first-order valence-corrected chi connectivity index (χ1v) is 13.6. The fourth-order valence-electron chi connectivity index (χ4n) is 2.86. The highest BCUT2D eigenvalue weighted by atomic mass is 28.3. The highest BCUT2D eigenvalue weighted by molar-refractivity contribution is 6.76. The Morgan fingerprint density at radius 1 is 0.967 bits per heavy atom. The van der Waals surface area contributed by atoms with Gasteiger partial charge in [0.1, 0.15) is 18.8 Å². The lowest BCUT2D eigenvalue weighted by Crippen LogP contribution is -2.63. The number of aliphatic hydroxyl groups is 1. The molecular formula is C19H34O10Si. The van der Waals surface area contributed by atoms with Gasteiger partial charge >= 0.3 is 17.9 Å². The molecule has 0 aromatic rings. The summed E-state index contributed by atoms with van der Waals surface area (Å²) in [5, 5.41) is 9.82. The van der Waals surface area contributed by atoms with E-state index < -0.39 is 63.0 Å².